The van der Waals surface area contributed by atoms with Crippen LogP contribution in [0.15, 0.2) is 54.6 Å². The normalized spacial score (nSPS) is 10.5. The molecule has 4 nitrogen and oxygen atoms in total. The average molecular weight is 282 g/mol. The van der Waals surface area contributed by atoms with E-state index in [1.54, 1.807) is 12.1 Å². The molecular formula is C14H11BN2O2S. The summed E-state index contributed by atoms with van der Waals surface area (Å²) in [4.78, 5) is 0. The van der Waals surface area contributed by atoms with Crippen molar-refractivity contribution in [1.82, 2.24) is 10.2 Å². The fraction of sp³-hybridized carbons (Fsp3) is 0. The molecule has 6 heteroatoms. The average Bonchev–Trinajstić information content (AvgIpc) is 2.98. The third-order valence-electron chi connectivity index (χ3n) is 2.90. The first-order valence-corrected chi connectivity index (χ1v) is 6.91. The van der Waals surface area contributed by atoms with E-state index in [9.17, 15) is 0 Å². The van der Waals surface area contributed by atoms with E-state index < -0.39 is 7.12 Å². The lowest BCUT2D eigenvalue weighted by molar-refractivity contribution is 0.426. The van der Waals surface area contributed by atoms with Crippen molar-refractivity contribution in [2.24, 2.45) is 0 Å². The fourth-order valence-electron chi connectivity index (χ4n) is 1.84. The Morgan fingerprint density at radius 3 is 1.85 bits per heavy atom. The SMILES string of the molecule is OB(O)c1ccc(-c2nnc(-c3ccccc3)s2)cc1. The molecule has 0 aliphatic carbocycles. The monoisotopic (exact) mass is 282 g/mol. The maximum absolute atomic E-state index is 9.07. The van der Waals surface area contributed by atoms with Crippen molar-refractivity contribution in [1.29, 1.82) is 0 Å². The summed E-state index contributed by atoms with van der Waals surface area (Å²) in [5, 5.41) is 28.2. The van der Waals surface area contributed by atoms with Gasteiger partial charge in [-0.2, -0.15) is 0 Å². The van der Waals surface area contributed by atoms with E-state index >= 15 is 0 Å². The van der Waals surface area contributed by atoms with E-state index in [2.05, 4.69) is 10.2 Å². The first-order valence-electron chi connectivity index (χ1n) is 6.09. The minimum absolute atomic E-state index is 0.460. The lowest BCUT2D eigenvalue weighted by atomic mass is 9.80. The van der Waals surface area contributed by atoms with E-state index in [4.69, 9.17) is 10.0 Å². The van der Waals surface area contributed by atoms with Gasteiger partial charge in [0.1, 0.15) is 10.0 Å². The van der Waals surface area contributed by atoms with Gasteiger partial charge < -0.3 is 10.0 Å². The van der Waals surface area contributed by atoms with Crippen molar-refractivity contribution in [3.63, 3.8) is 0 Å². The molecule has 0 saturated heterocycles. The summed E-state index contributed by atoms with van der Waals surface area (Å²) in [6.07, 6.45) is 0. The Morgan fingerprint density at radius 2 is 1.30 bits per heavy atom. The predicted molar refractivity (Wildman–Crippen MR) is 80.6 cm³/mol. The second-order valence-electron chi connectivity index (χ2n) is 4.27. The Labute approximate surface area is 120 Å². The molecule has 0 amide bonds. The summed E-state index contributed by atoms with van der Waals surface area (Å²) in [6, 6.07) is 16.8. The summed E-state index contributed by atoms with van der Waals surface area (Å²) in [5.41, 5.74) is 2.41. The van der Waals surface area contributed by atoms with Crippen molar-refractivity contribution < 1.29 is 10.0 Å². The molecule has 0 saturated carbocycles. The van der Waals surface area contributed by atoms with Gasteiger partial charge in [0.2, 0.25) is 0 Å². The number of aromatic nitrogens is 2. The fourth-order valence-corrected chi connectivity index (χ4v) is 2.69. The largest absolute Gasteiger partial charge is 0.488 e. The minimum Gasteiger partial charge on any atom is -0.423 e. The van der Waals surface area contributed by atoms with Crippen LogP contribution in [0.25, 0.3) is 21.1 Å². The molecule has 3 aromatic rings. The van der Waals surface area contributed by atoms with E-state index in [1.807, 2.05) is 42.5 Å². The molecule has 2 aromatic carbocycles. The molecule has 98 valence electrons. The molecule has 0 spiro atoms. The Kier molecular flexibility index (Phi) is 3.60. The Bertz CT molecular complexity index is 699. The van der Waals surface area contributed by atoms with Gasteiger partial charge in [-0.3, -0.25) is 0 Å². The van der Waals surface area contributed by atoms with Crippen LogP contribution in [0.4, 0.5) is 0 Å². The van der Waals surface area contributed by atoms with Crippen LogP contribution in [0.1, 0.15) is 0 Å². The van der Waals surface area contributed by atoms with Gasteiger partial charge in [0.15, 0.2) is 0 Å². The summed E-state index contributed by atoms with van der Waals surface area (Å²) in [5.74, 6) is 0. The molecule has 0 radical (unpaired) electrons. The van der Waals surface area contributed by atoms with Crippen LogP contribution in [0, 0.1) is 0 Å². The topological polar surface area (TPSA) is 66.2 Å². The molecule has 0 aliphatic heterocycles. The molecule has 0 bridgehead atoms. The van der Waals surface area contributed by atoms with E-state index in [0.29, 0.717) is 5.46 Å². The third kappa shape index (κ3) is 2.62. The van der Waals surface area contributed by atoms with Gasteiger partial charge in [-0.25, -0.2) is 0 Å². The summed E-state index contributed by atoms with van der Waals surface area (Å²) < 4.78 is 0. The zero-order chi connectivity index (χ0) is 13.9. The van der Waals surface area contributed by atoms with Crippen LogP contribution in [0.3, 0.4) is 0 Å². The molecular weight excluding hydrogens is 271 g/mol. The van der Waals surface area contributed by atoms with Gasteiger partial charge in [0.05, 0.1) is 0 Å². The Balaban J connectivity index is 1.90. The summed E-state index contributed by atoms with van der Waals surface area (Å²) >= 11 is 1.51. The zero-order valence-electron chi connectivity index (χ0n) is 10.5. The number of nitrogens with zero attached hydrogens (tertiary/aromatic N) is 2. The summed E-state index contributed by atoms with van der Waals surface area (Å²) in [7, 11) is -1.45. The number of benzene rings is 2. The second kappa shape index (κ2) is 5.54. The van der Waals surface area contributed by atoms with Gasteiger partial charge in [0, 0.05) is 11.1 Å². The highest BCUT2D eigenvalue weighted by atomic mass is 32.1. The van der Waals surface area contributed by atoms with Gasteiger partial charge in [0.25, 0.3) is 0 Å². The number of rotatable bonds is 3. The highest BCUT2D eigenvalue weighted by molar-refractivity contribution is 7.17. The van der Waals surface area contributed by atoms with Gasteiger partial charge in [-0.1, -0.05) is 65.9 Å². The molecule has 1 aromatic heterocycles. The van der Waals surface area contributed by atoms with E-state index in [1.165, 1.54) is 11.3 Å². The first kappa shape index (κ1) is 13.0. The predicted octanol–water partition coefficient (Wildman–Crippen LogP) is 1.55. The van der Waals surface area contributed by atoms with Crippen molar-refractivity contribution in [3.05, 3.63) is 54.6 Å². The van der Waals surface area contributed by atoms with Crippen LogP contribution in [-0.2, 0) is 0 Å². The van der Waals surface area contributed by atoms with E-state index in [-0.39, 0.29) is 0 Å². The van der Waals surface area contributed by atoms with Crippen molar-refractivity contribution in [2.75, 3.05) is 0 Å². The standard InChI is InChI=1S/C14H11BN2O2S/c18-15(19)12-8-6-11(7-9-12)14-17-16-13(20-14)10-4-2-1-3-5-10/h1-9,18-19H. The lowest BCUT2D eigenvalue weighted by Crippen LogP contribution is -2.29. The molecule has 0 fully saturated rings. The van der Waals surface area contributed by atoms with E-state index in [0.717, 1.165) is 21.1 Å². The van der Waals surface area contributed by atoms with Crippen molar-refractivity contribution >= 4 is 23.9 Å². The third-order valence-corrected chi connectivity index (χ3v) is 3.92. The highest BCUT2D eigenvalue weighted by Gasteiger charge is 2.12. The molecule has 2 N–H and O–H groups in total. The van der Waals surface area contributed by atoms with Crippen LogP contribution in [-0.4, -0.2) is 27.4 Å². The molecule has 0 unspecified atom stereocenters. The molecule has 1 heterocycles. The van der Waals surface area contributed by atoms with Crippen LogP contribution in [0.5, 0.6) is 0 Å². The minimum atomic E-state index is -1.45. The zero-order valence-corrected chi connectivity index (χ0v) is 11.3. The van der Waals surface area contributed by atoms with Crippen LogP contribution in [0.2, 0.25) is 0 Å². The van der Waals surface area contributed by atoms with Gasteiger partial charge in [-0.05, 0) is 5.46 Å². The number of hydrogen-bond donors (Lipinski definition) is 2. The maximum Gasteiger partial charge on any atom is 0.488 e. The molecule has 3 rings (SSSR count). The quantitative estimate of drug-likeness (QED) is 0.715. The van der Waals surface area contributed by atoms with Gasteiger partial charge in [-0.15, -0.1) is 10.2 Å². The summed E-state index contributed by atoms with van der Waals surface area (Å²) in [6.45, 7) is 0. The molecule has 0 atom stereocenters. The molecule has 0 aliphatic rings. The highest BCUT2D eigenvalue weighted by Crippen LogP contribution is 2.29. The molecule has 20 heavy (non-hydrogen) atoms. The Morgan fingerprint density at radius 1 is 0.750 bits per heavy atom. The lowest BCUT2D eigenvalue weighted by Gasteiger charge is -1.99. The van der Waals surface area contributed by atoms with Crippen molar-refractivity contribution in [3.8, 4) is 21.1 Å². The second-order valence-corrected chi connectivity index (χ2v) is 5.25. The first-order chi connectivity index (χ1) is 9.74. The Hall–Kier alpha value is -2.02. The van der Waals surface area contributed by atoms with Crippen molar-refractivity contribution in [2.45, 2.75) is 0 Å². The van der Waals surface area contributed by atoms with Gasteiger partial charge >= 0.3 is 7.12 Å². The van der Waals surface area contributed by atoms with Crippen LogP contribution < -0.4 is 5.46 Å². The number of hydrogen-bond acceptors (Lipinski definition) is 5. The smallest absolute Gasteiger partial charge is 0.423 e. The maximum atomic E-state index is 9.07. The van der Waals surface area contributed by atoms with Crippen LogP contribution >= 0.6 is 11.3 Å².